The molecule has 1 heterocycles. The van der Waals surface area contributed by atoms with E-state index in [0.29, 0.717) is 22.3 Å². The second kappa shape index (κ2) is 4.73. The highest BCUT2D eigenvalue weighted by atomic mass is 35.5. The molecule has 2 N–H and O–H groups in total. The molecule has 0 aliphatic rings. The average Bonchev–Trinajstić information content (AvgIpc) is 2.26. The molecule has 2 rings (SSSR count). The largest absolute Gasteiger partial charge is 0.383 e. The maximum Gasteiger partial charge on any atom is 0.126 e. The Hall–Kier alpha value is -1.25. The lowest BCUT2D eigenvalue weighted by molar-refractivity contribution is 1.15. The number of hydrogen-bond acceptors (Lipinski definition) is 2. The van der Waals surface area contributed by atoms with Gasteiger partial charge in [0.05, 0.1) is 0 Å². The fourth-order valence-electron chi connectivity index (χ4n) is 1.49. The first-order valence-corrected chi connectivity index (χ1v) is 5.56. The number of pyridine rings is 1. The van der Waals surface area contributed by atoms with Gasteiger partial charge in [-0.2, -0.15) is 0 Å². The number of nitrogens with zero attached hydrogens (tertiary/aromatic N) is 1. The predicted molar refractivity (Wildman–Crippen MR) is 67.9 cm³/mol. The van der Waals surface area contributed by atoms with Gasteiger partial charge in [0.15, 0.2) is 0 Å². The number of halogens is 2. The van der Waals surface area contributed by atoms with Crippen LogP contribution in [0.3, 0.4) is 0 Å². The monoisotopic (exact) mass is 252 g/mol. The first-order chi connectivity index (χ1) is 7.68. The van der Waals surface area contributed by atoms with Crippen LogP contribution in [0.15, 0.2) is 36.5 Å². The number of hydrogen-bond donors (Lipinski definition) is 1. The molecule has 1 aromatic heterocycles. The summed E-state index contributed by atoms with van der Waals surface area (Å²) < 4.78 is 0. The number of nitrogens with two attached hydrogens (primary N) is 1. The van der Waals surface area contributed by atoms with Gasteiger partial charge in [-0.3, -0.25) is 0 Å². The Kier molecular flexibility index (Phi) is 3.32. The molecule has 2 nitrogen and oxygen atoms in total. The van der Waals surface area contributed by atoms with Crippen LogP contribution in [0.5, 0.6) is 0 Å². The summed E-state index contributed by atoms with van der Waals surface area (Å²) in [5, 5.41) is 1.30. The Bertz CT molecular complexity index is 492. The molecule has 0 amide bonds. The van der Waals surface area contributed by atoms with Gasteiger partial charge in [0.1, 0.15) is 5.82 Å². The number of rotatable bonds is 2. The molecule has 0 spiro atoms. The quantitative estimate of drug-likeness (QED) is 0.888. The molecular formula is C12H10Cl2N2. The van der Waals surface area contributed by atoms with Gasteiger partial charge in [-0.1, -0.05) is 35.3 Å². The van der Waals surface area contributed by atoms with E-state index in [-0.39, 0.29) is 0 Å². The minimum Gasteiger partial charge on any atom is -0.383 e. The smallest absolute Gasteiger partial charge is 0.126 e. The normalized spacial score (nSPS) is 10.4. The molecule has 0 radical (unpaired) electrons. The van der Waals surface area contributed by atoms with Crippen molar-refractivity contribution in [2.75, 3.05) is 5.73 Å². The van der Waals surface area contributed by atoms with Crippen molar-refractivity contribution in [2.45, 2.75) is 6.42 Å². The molecular weight excluding hydrogens is 243 g/mol. The Morgan fingerprint density at radius 3 is 2.38 bits per heavy atom. The van der Waals surface area contributed by atoms with Crippen LogP contribution in [-0.2, 0) is 6.42 Å². The molecule has 0 saturated carbocycles. The second-order valence-electron chi connectivity index (χ2n) is 3.42. The Morgan fingerprint density at radius 1 is 1.06 bits per heavy atom. The Morgan fingerprint density at radius 2 is 1.75 bits per heavy atom. The van der Waals surface area contributed by atoms with E-state index in [9.17, 15) is 0 Å². The minimum atomic E-state index is 0.512. The highest BCUT2D eigenvalue weighted by molar-refractivity contribution is 6.36. The summed E-state index contributed by atoms with van der Waals surface area (Å²) in [4.78, 5) is 4.03. The average molecular weight is 253 g/mol. The van der Waals surface area contributed by atoms with Gasteiger partial charge in [0.25, 0.3) is 0 Å². The lowest BCUT2D eigenvalue weighted by atomic mass is 10.1. The van der Waals surface area contributed by atoms with Crippen LogP contribution in [0.1, 0.15) is 11.1 Å². The van der Waals surface area contributed by atoms with Crippen molar-refractivity contribution in [1.29, 1.82) is 0 Å². The van der Waals surface area contributed by atoms with Crippen LogP contribution in [0.25, 0.3) is 0 Å². The zero-order valence-electron chi connectivity index (χ0n) is 8.45. The van der Waals surface area contributed by atoms with E-state index in [1.807, 2.05) is 30.3 Å². The van der Waals surface area contributed by atoms with Crippen molar-refractivity contribution in [1.82, 2.24) is 4.98 Å². The standard InChI is InChI=1S/C12H10Cl2N2/c13-10-4-1-5-11(14)9(10)7-8-3-2-6-16-12(8)15/h1-6H,7H2,(H2,15,16). The van der Waals surface area contributed by atoms with Crippen LogP contribution >= 0.6 is 23.2 Å². The SMILES string of the molecule is Nc1ncccc1Cc1c(Cl)cccc1Cl. The lowest BCUT2D eigenvalue weighted by Gasteiger charge is -2.08. The molecule has 82 valence electrons. The van der Waals surface area contributed by atoms with Crippen molar-refractivity contribution >= 4 is 29.0 Å². The van der Waals surface area contributed by atoms with Gasteiger partial charge in [-0.15, -0.1) is 0 Å². The fourth-order valence-corrected chi connectivity index (χ4v) is 2.02. The maximum absolute atomic E-state index is 6.09. The van der Waals surface area contributed by atoms with Crippen molar-refractivity contribution in [3.8, 4) is 0 Å². The van der Waals surface area contributed by atoms with Crippen molar-refractivity contribution in [2.24, 2.45) is 0 Å². The fraction of sp³-hybridized carbons (Fsp3) is 0.0833. The topological polar surface area (TPSA) is 38.9 Å². The first kappa shape index (κ1) is 11.2. The molecule has 0 atom stereocenters. The zero-order chi connectivity index (χ0) is 11.5. The molecule has 4 heteroatoms. The molecule has 0 aliphatic carbocycles. The summed E-state index contributed by atoms with van der Waals surface area (Å²) in [5.41, 5.74) is 7.58. The van der Waals surface area contributed by atoms with Crippen molar-refractivity contribution in [3.63, 3.8) is 0 Å². The summed E-state index contributed by atoms with van der Waals surface area (Å²) in [6.45, 7) is 0. The lowest BCUT2D eigenvalue weighted by Crippen LogP contribution is -1.98. The van der Waals surface area contributed by atoms with Crippen molar-refractivity contribution in [3.05, 3.63) is 57.7 Å². The zero-order valence-corrected chi connectivity index (χ0v) is 9.96. The van der Waals surface area contributed by atoms with E-state index in [1.165, 1.54) is 0 Å². The Balaban J connectivity index is 2.38. The molecule has 16 heavy (non-hydrogen) atoms. The molecule has 2 aromatic rings. The number of anilines is 1. The van der Waals surface area contributed by atoms with Crippen LogP contribution in [0, 0.1) is 0 Å². The predicted octanol–water partition coefficient (Wildman–Crippen LogP) is 3.56. The van der Waals surface area contributed by atoms with Gasteiger partial charge in [-0.25, -0.2) is 4.98 Å². The van der Waals surface area contributed by atoms with Crippen LogP contribution in [0.4, 0.5) is 5.82 Å². The molecule has 0 unspecified atom stereocenters. The van der Waals surface area contributed by atoms with E-state index < -0.39 is 0 Å². The molecule has 0 fully saturated rings. The van der Waals surface area contributed by atoms with Gasteiger partial charge < -0.3 is 5.73 Å². The van der Waals surface area contributed by atoms with Gasteiger partial charge in [-0.05, 0) is 29.3 Å². The van der Waals surface area contributed by atoms with Crippen LogP contribution in [-0.4, -0.2) is 4.98 Å². The number of nitrogen functional groups attached to an aromatic ring is 1. The summed E-state index contributed by atoms with van der Waals surface area (Å²) in [6.07, 6.45) is 2.26. The van der Waals surface area contributed by atoms with E-state index in [4.69, 9.17) is 28.9 Å². The maximum atomic E-state index is 6.09. The first-order valence-electron chi connectivity index (χ1n) is 4.80. The highest BCUT2D eigenvalue weighted by Crippen LogP contribution is 2.27. The summed E-state index contributed by atoms with van der Waals surface area (Å²) >= 11 is 12.2. The summed E-state index contributed by atoms with van der Waals surface area (Å²) in [6, 6.07) is 9.21. The van der Waals surface area contributed by atoms with Crippen molar-refractivity contribution < 1.29 is 0 Å². The minimum absolute atomic E-state index is 0.512. The molecule has 0 aliphatic heterocycles. The molecule has 0 bridgehead atoms. The van der Waals surface area contributed by atoms with Gasteiger partial charge >= 0.3 is 0 Å². The van der Waals surface area contributed by atoms with Gasteiger partial charge in [0, 0.05) is 22.7 Å². The summed E-state index contributed by atoms with van der Waals surface area (Å²) in [7, 11) is 0. The Labute approximate surface area is 104 Å². The van der Waals surface area contributed by atoms with E-state index in [1.54, 1.807) is 6.20 Å². The highest BCUT2D eigenvalue weighted by Gasteiger charge is 2.08. The molecule has 0 saturated heterocycles. The summed E-state index contributed by atoms with van der Waals surface area (Å²) in [5.74, 6) is 0.512. The van der Waals surface area contributed by atoms with E-state index in [0.717, 1.165) is 11.1 Å². The van der Waals surface area contributed by atoms with E-state index in [2.05, 4.69) is 4.98 Å². The van der Waals surface area contributed by atoms with Gasteiger partial charge in [0.2, 0.25) is 0 Å². The third-order valence-electron chi connectivity index (χ3n) is 2.36. The number of benzene rings is 1. The molecule has 1 aromatic carbocycles. The van der Waals surface area contributed by atoms with E-state index >= 15 is 0 Å². The van der Waals surface area contributed by atoms with Crippen LogP contribution in [0.2, 0.25) is 10.0 Å². The number of aromatic nitrogens is 1. The third-order valence-corrected chi connectivity index (χ3v) is 3.06. The van der Waals surface area contributed by atoms with Crippen LogP contribution < -0.4 is 5.73 Å². The third kappa shape index (κ3) is 2.29. The second-order valence-corrected chi connectivity index (χ2v) is 4.24.